The van der Waals surface area contributed by atoms with Crippen LogP contribution in [0.15, 0.2) is 46.4 Å². The molecule has 0 radical (unpaired) electrons. The van der Waals surface area contributed by atoms with Crippen molar-refractivity contribution >= 4 is 56.8 Å². The second-order valence-electron chi connectivity index (χ2n) is 4.64. The van der Waals surface area contributed by atoms with Gasteiger partial charge < -0.3 is 10.1 Å². The minimum absolute atomic E-state index is 0.0573. The molecule has 2 aromatic rings. The maximum atomic E-state index is 12.3. The lowest BCUT2D eigenvalue weighted by Gasteiger charge is -2.07. The van der Waals surface area contributed by atoms with Crippen molar-refractivity contribution in [1.29, 1.82) is 5.26 Å². The number of hydrogen-bond acceptors (Lipinski definition) is 3. The Kier molecular flexibility index (Phi) is 6.27. The van der Waals surface area contributed by atoms with Crippen molar-refractivity contribution in [3.05, 3.63) is 62.1 Å². The standard InChI is InChI=1S/C17H11BrCl2N2O2/c1-24-16-5-2-10(7-13(16)18)6-11(9-21)17(23)22-15-4-3-12(19)8-14(15)20/h2-8H,1H3,(H,22,23). The smallest absolute Gasteiger partial charge is 0.266 e. The minimum atomic E-state index is -0.561. The monoisotopic (exact) mass is 424 g/mol. The Bertz CT molecular complexity index is 860. The summed E-state index contributed by atoms with van der Waals surface area (Å²) in [6, 6.07) is 11.8. The van der Waals surface area contributed by atoms with Gasteiger partial charge in [-0.05, 0) is 57.9 Å². The van der Waals surface area contributed by atoms with E-state index >= 15 is 0 Å². The highest BCUT2D eigenvalue weighted by molar-refractivity contribution is 9.10. The SMILES string of the molecule is COc1ccc(C=C(C#N)C(=O)Nc2ccc(Cl)cc2Cl)cc1Br. The molecule has 24 heavy (non-hydrogen) atoms. The fourth-order valence-electron chi connectivity index (χ4n) is 1.87. The van der Waals surface area contributed by atoms with E-state index in [-0.39, 0.29) is 5.57 Å². The number of carbonyl (C=O) groups excluding carboxylic acids is 1. The Hall–Kier alpha value is -2.00. The van der Waals surface area contributed by atoms with Crippen LogP contribution in [0.25, 0.3) is 6.08 Å². The molecule has 0 unspecified atom stereocenters. The van der Waals surface area contributed by atoms with Crippen LogP contribution in [0, 0.1) is 11.3 Å². The third-order valence-corrected chi connectivity index (χ3v) is 4.20. The van der Waals surface area contributed by atoms with Gasteiger partial charge in [0.25, 0.3) is 5.91 Å². The predicted octanol–water partition coefficient (Wildman–Crippen LogP) is 5.31. The van der Waals surface area contributed by atoms with Crippen molar-refractivity contribution in [3.63, 3.8) is 0 Å². The van der Waals surface area contributed by atoms with Gasteiger partial charge in [-0.2, -0.15) is 5.26 Å². The van der Waals surface area contributed by atoms with Gasteiger partial charge in [0.1, 0.15) is 17.4 Å². The second-order valence-corrected chi connectivity index (χ2v) is 6.34. The summed E-state index contributed by atoms with van der Waals surface area (Å²) in [4.78, 5) is 12.3. The molecule has 1 N–H and O–H groups in total. The van der Waals surface area contributed by atoms with Crippen LogP contribution in [0.1, 0.15) is 5.56 Å². The number of halogens is 3. The van der Waals surface area contributed by atoms with Gasteiger partial charge in [-0.15, -0.1) is 0 Å². The maximum Gasteiger partial charge on any atom is 0.266 e. The number of nitriles is 1. The maximum absolute atomic E-state index is 12.3. The third-order valence-electron chi connectivity index (χ3n) is 3.03. The summed E-state index contributed by atoms with van der Waals surface area (Å²) in [6.07, 6.45) is 1.48. The summed E-state index contributed by atoms with van der Waals surface area (Å²) in [5.41, 5.74) is 0.998. The molecule has 0 aliphatic heterocycles. The normalized spacial score (nSPS) is 10.9. The Morgan fingerprint density at radius 1 is 1.29 bits per heavy atom. The average Bonchev–Trinajstić information content (AvgIpc) is 2.55. The minimum Gasteiger partial charge on any atom is -0.496 e. The van der Waals surface area contributed by atoms with Gasteiger partial charge in [-0.3, -0.25) is 4.79 Å². The molecule has 0 saturated heterocycles. The highest BCUT2D eigenvalue weighted by Crippen LogP contribution is 2.27. The summed E-state index contributed by atoms with van der Waals surface area (Å²) in [5, 5.41) is 12.6. The molecule has 0 aliphatic carbocycles. The van der Waals surface area contributed by atoms with Gasteiger partial charge in [0.05, 0.1) is 22.3 Å². The fraction of sp³-hybridized carbons (Fsp3) is 0.0588. The van der Waals surface area contributed by atoms with E-state index in [2.05, 4.69) is 21.2 Å². The highest BCUT2D eigenvalue weighted by Gasteiger charge is 2.12. The third kappa shape index (κ3) is 4.51. The number of methoxy groups -OCH3 is 1. The molecule has 0 saturated carbocycles. The number of benzene rings is 2. The lowest BCUT2D eigenvalue weighted by Crippen LogP contribution is -2.13. The average molecular weight is 426 g/mol. The molecule has 0 fully saturated rings. The van der Waals surface area contributed by atoms with Crippen LogP contribution < -0.4 is 10.1 Å². The lowest BCUT2D eigenvalue weighted by molar-refractivity contribution is -0.112. The van der Waals surface area contributed by atoms with E-state index in [1.54, 1.807) is 37.4 Å². The first-order valence-electron chi connectivity index (χ1n) is 6.66. The molecular formula is C17H11BrCl2N2O2. The van der Waals surface area contributed by atoms with Crippen LogP contribution in [0.4, 0.5) is 5.69 Å². The van der Waals surface area contributed by atoms with Crippen LogP contribution in [0.3, 0.4) is 0 Å². The van der Waals surface area contributed by atoms with E-state index in [4.69, 9.17) is 27.9 Å². The van der Waals surface area contributed by atoms with Crippen LogP contribution in [-0.2, 0) is 4.79 Å². The largest absolute Gasteiger partial charge is 0.496 e. The predicted molar refractivity (Wildman–Crippen MR) is 99.4 cm³/mol. The van der Waals surface area contributed by atoms with Crippen molar-refractivity contribution in [3.8, 4) is 11.8 Å². The quantitative estimate of drug-likeness (QED) is 0.533. The topological polar surface area (TPSA) is 62.1 Å². The molecule has 2 rings (SSSR count). The van der Waals surface area contributed by atoms with Crippen LogP contribution in [-0.4, -0.2) is 13.0 Å². The molecule has 0 spiro atoms. The molecule has 0 bridgehead atoms. The van der Waals surface area contributed by atoms with Crippen LogP contribution >= 0.6 is 39.1 Å². The first kappa shape index (κ1) is 18.3. The van der Waals surface area contributed by atoms with E-state index < -0.39 is 5.91 Å². The number of hydrogen-bond donors (Lipinski definition) is 1. The van der Waals surface area contributed by atoms with Crippen molar-refractivity contribution in [1.82, 2.24) is 0 Å². The summed E-state index contributed by atoms with van der Waals surface area (Å²) in [7, 11) is 1.56. The molecule has 0 heterocycles. The van der Waals surface area contributed by atoms with E-state index in [1.165, 1.54) is 12.1 Å². The van der Waals surface area contributed by atoms with Crippen molar-refractivity contribution in [2.24, 2.45) is 0 Å². The van der Waals surface area contributed by atoms with Gasteiger partial charge >= 0.3 is 0 Å². The zero-order valence-electron chi connectivity index (χ0n) is 12.4. The zero-order chi connectivity index (χ0) is 17.7. The fourth-order valence-corrected chi connectivity index (χ4v) is 2.88. The molecule has 2 aromatic carbocycles. The number of amides is 1. The van der Waals surface area contributed by atoms with Crippen molar-refractivity contribution in [2.45, 2.75) is 0 Å². The first-order valence-corrected chi connectivity index (χ1v) is 8.21. The Morgan fingerprint density at radius 3 is 2.62 bits per heavy atom. The van der Waals surface area contributed by atoms with Crippen molar-refractivity contribution < 1.29 is 9.53 Å². The van der Waals surface area contributed by atoms with Crippen molar-refractivity contribution in [2.75, 3.05) is 12.4 Å². The Balaban J connectivity index is 2.25. The van der Waals surface area contributed by atoms with Gasteiger partial charge in [-0.1, -0.05) is 29.3 Å². The molecular weight excluding hydrogens is 415 g/mol. The molecule has 1 amide bonds. The van der Waals surface area contributed by atoms with Gasteiger partial charge in [-0.25, -0.2) is 0 Å². The Morgan fingerprint density at radius 2 is 2.04 bits per heavy atom. The van der Waals surface area contributed by atoms with Crippen LogP contribution in [0.2, 0.25) is 10.0 Å². The number of ether oxygens (including phenoxy) is 1. The summed E-state index contributed by atoms with van der Waals surface area (Å²) >= 11 is 15.2. The molecule has 0 aromatic heterocycles. The molecule has 7 heteroatoms. The molecule has 4 nitrogen and oxygen atoms in total. The summed E-state index contributed by atoms with van der Waals surface area (Å²) < 4.78 is 5.86. The molecule has 0 atom stereocenters. The number of anilines is 1. The summed E-state index contributed by atoms with van der Waals surface area (Å²) in [5.74, 6) is 0.0942. The number of carbonyl (C=O) groups is 1. The van der Waals surface area contributed by atoms with Gasteiger partial charge in [0.15, 0.2) is 0 Å². The zero-order valence-corrected chi connectivity index (χ0v) is 15.5. The summed E-state index contributed by atoms with van der Waals surface area (Å²) in [6.45, 7) is 0. The first-order chi connectivity index (χ1) is 11.4. The van der Waals surface area contributed by atoms with Gasteiger partial charge in [0, 0.05) is 5.02 Å². The van der Waals surface area contributed by atoms with E-state index in [0.717, 1.165) is 4.47 Å². The van der Waals surface area contributed by atoms with Crippen LogP contribution in [0.5, 0.6) is 5.75 Å². The number of rotatable bonds is 4. The number of nitrogens with zero attached hydrogens (tertiary/aromatic N) is 1. The molecule has 0 aliphatic rings. The van der Waals surface area contributed by atoms with E-state index in [9.17, 15) is 10.1 Å². The van der Waals surface area contributed by atoms with Gasteiger partial charge in [0.2, 0.25) is 0 Å². The molecule has 122 valence electrons. The second kappa shape index (κ2) is 8.20. The van der Waals surface area contributed by atoms with E-state index in [1.807, 2.05) is 6.07 Å². The lowest BCUT2D eigenvalue weighted by atomic mass is 10.1. The number of nitrogens with one attached hydrogen (secondary N) is 1. The van der Waals surface area contributed by atoms with E-state index in [0.29, 0.717) is 27.0 Å². The Labute approximate surface area is 157 Å². The highest BCUT2D eigenvalue weighted by atomic mass is 79.9.